The molecule has 118 valence electrons. The Kier molecular flexibility index (Phi) is 5.83. The topological polar surface area (TPSA) is 83.4 Å². The molecular weight excluding hydrogens is 294 g/mol. The van der Waals surface area contributed by atoms with E-state index in [0.29, 0.717) is 35.9 Å². The highest BCUT2D eigenvalue weighted by Crippen LogP contribution is 2.25. The van der Waals surface area contributed by atoms with Crippen molar-refractivity contribution >= 4 is 11.7 Å². The van der Waals surface area contributed by atoms with Crippen LogP contribution in [0.15, 0.2) is 48.5 Å². The molecule has 2 aromatic rings. The van der Waals surface area contributed by atoms with Crippen molar-refractivity contribution in [1.82, 2.24) is 5.32 Å². The standard InChI is InChI=1S/C17H17N3O3/c1-22-15-7-2-3-8-16(15)23-10-9-19-17(21)20-14-6-4-5-13(11-14)12-18/h2-8,11H,9-10H2,1H3,(H2,19,20,21). The molecule has 0 bridgehead atoms. The minimum absolute atomic E-state index is 0.312. The highest BCUT2D eigenvalue weighted by atomic mass is 16.5. The van der Waals surface area contributed by atoms with Gasteiger partial charge in [0.2, 0.25) is 0 Å². The van der Waals surface area contributed by atoms with Gasteiger partial charge in [-0.1, -0.05) is 18.2 Å². The van der Waals surface area contributed by atoms with E-state index in [0.717, 1.165) is 0 Å². The molecular formula is C17H17N3O3. The van der Waals surface area contributed by atoms with E-state index >= 15 is 0 Å². The molecule has 6 heteroatoms. The average Bonchev–Trinajstić information content (AvgIpc) is 2.59. The first kappa shape index (κ1) is 16.2. The van der Waals surface area contributed by atoms with Crippen LogP contribution in [0.4, 0.5) is 10.5 Å². The first-order valence-corrected chi connectivity index (χ1v) is 7.04. The summed E-state index contributed by atoms with van der Waals surface area (Å²) in [5.41, 5.74) is 1.05. The third-order valence-electron chi connectivity index (χ3n) is 2.96. The van der Waals surface area contributed by atoms with Crippen molar-refractivity contribution in [3.63, 3.8) is 0 Å². The third kappa shape index (κ3) is 4.93. The van der Waals surface area contributed by atoms with Gasteiger partial charge in [-0.2, -0.15) is 5.26 Å². The monoisotopic (exact) mass is 311 g/mol. The molecule has 0 heterocycles. The van der Waals surface area contributed by atoms with E-state index in [2.05, 4.69) is 10.6 Å². The molecule has 0 aromatic heterocycles. The van der Waals surface area contributed by atoms with E-state index in [1.54, 1.807) is 43.5 Å². The van der Waals surface area contributed by atoms with E-state index in [9.17, 15) is 4.79 Å². The number of hydrogen-bond acceptors (Lipinski definition) is 4. The van der Waals surface area contributed by atoms with Crippen LogP contribution < -0.4 is 20.1 Å². The van der Waals surface area contributed by atoms with Crippen LogP contribution >= 0.6 is 0 Å². The molecule has 0 aliphatic carbocycles. The first-order valence-electron chi connectivity index (χ1n) is 7.04. The average molecular weight is 311 g/mol. The second-order valence-corrected chi connectivity index (χ2v) is 4.57. The molecule has 2 N–H and O–H groups in total. The summed E-state index contributed by atoms with van der Waals surface area (Å²) in [4.78, 5) is 11.8. The lowest BCUT2D eigenvalue weighted by Gasteiger charge is -2.11. The van der Waals surface area contributed by atoms with Crippen LogP contribution in [0.1, 0.15) is 5.56 Å². The smallest absolute Gasteiger partial charge is 0.319 e. The third-order valence-corrected chi connectivity index (χ3v) is 2.96. The van der Waals surface area contributed by atoms with Gasteiger partial charge < -0.3 is 20.1 Å². The summed E-state index contributed by atoms with van der Waals surface area (Å²) in [5, 5.41) is 14.1. The van der Waals surface area contributed by atoms with Gasteiger partial charge in [0.15, 0.2) is 11.5 Å². The molecule has 0 fully saturated rings. The van der Waals surface area contributed by atoms with E-state index in [1.807, 2.05) is 18.2 Å². The van der Waals surface area contributed by atoms with Crippen molar-refractivity contribution in [1.29, 1.82) is 5.26 Å². The summed E-state index contributed by atoms with van der Waals surface area (Å²) in [6.45, 7) is 0.647. The zero-order valence-electron chi connectivity index (χ0n) is 12.7. The minimum Gasteiger partial charge on any atom is -0.493 e. The lowest BCUT2D eigenvalue weighted by molar-refractivity contribution is 0.246. The zero-order chi connectivity index (χ0) is 16.5. The number of urea groups is 1. The van der Waals surface area contributed by atoms with Crippen LogP contribution in [-0.4, -0.2) is 26.3 Å². The van der Waals surface area contributed by atoms with Gasteiger partial charge in [0.25, 0.3) is 0 Å². The highest BCUT2D eigenvalue weighted by molar-refractivity contribution is 5.89. The molecule has 2 rings (SSSR count). The number of nitrogens with one attached hydrogen (secondary N) is 2. The van der Waals surface area contributed by atoms with Crippen LogP contribution in [0.5, 0.6) is 11.5 Å². The molecule has 2 amide bonds. The molecule has 0 saturated carbocycles. The van der Waals surface area contributed by atoms with Crippen molar-refractivity contribution in [3.05, 3.63) is 54.1 Å². The molecule has 0 spiro atoms. The number of nitriles is 1. The van der Waals surface area contributed by atoms with Gasteiger partial charge in [-0.3, -0.25) is 0 Å². The Hall–Kier alpha value is -3.20. The summed E-state index contributed by atoms with van der Waals surface area (Å²) < 4.78 is 10.7. The fraction of sp³-hybridized carbons (Fsp3) is 0.176. The summed E-state index contributed by atoms with van der Waals surface area (Å²) in [6, 6.07) is 15.7. The van der Waals surface area contributed by atoms with Crippen LogP contribution in [0, 0.1) is 11.3 Å². The Labute approximate surface area is 134 Å². The van der Waals surface area contributed by atoms with E-state index in [4.69, 9.17) is 14.7 Å². The Morgan fingerprint density at radius 2 is 1.96 bits per heavy atom. The molecule has 0 aliphatic rings. The van der Waals surface area contributed by atoms with E-state index < -0.39 is 0 Å². The van der Waals surface area contributed by atoms with E-state index in [1.165, 1.54) is 0 Å². The minimum atomic E-state index is -0.358. The number of amides is 2. The van der Waals surface area contributed by atoms with Gasteiger partial charge in [-0.05, 0) is 30.3 Å². The van der Waals surface area contributed by atoms with E-state index in [-0.39, 0.29) is 6.03 Å². The molecule has 23 heavy (non-hydrogen) atoms. The molecule has 0 unspecified atom stereocenters. The number of carbonyl (C=O) groups is 1. The maximum Gasteiger partial charge on any atom is 0.319 e. The van der Waals surface area contributed by atoms with Crippen LogP contribution in [0.2, 0.25) is 0 Å². The molecule has 0 radical (unpaired) electrons. The SMILES string of the molecule is COc1ccccc1OCCNC(=O)Nc1cccc(C#N)c1. The van der Waals surface area contributed by atoms with Crippen LogP contribution in [0.3, 0.4) is 0 Å². The number of nitrogens with zero attached hydrogens (tertiary/aromatic N) is 1. The fourth-order valence-corrected chi connectivity index (χ4v) is 1.91. The van der Waals surface area contributed by atoms with Crippen LogP contribution in [-0.2, 0) is 0 Å². The number of rotatable bonds is 6. The predicted octanol–water partition coefficient (Wildman–Crippen LogP) is 2.77. The predicted molar refractivity (Wildman–Crippen MR) is 86.7 cm³/mol. The summed E-state index contributed by atoms with van der Waals surface area (Å²) in [6.07, 6.45) is 0. The van der Waals surface area contributed by atoms with Gasteiger partial charge >= 0.3 is 6.03 Å². The summed E-state index contributed by atoms with van der Waals surface area (Å²) in [7, 11) is 1.57. The van der Waals surface area contributed by atoms with Gasteiger partial charge in [0.1, 0.15) is 6.61 Å². The highest BCUT2D eigenvalue weighted by Gasteiger charge is 2.04. The Morgan fingerprint density at radius 1 is 1.17 bits per heavy atom. The van der Waals surface area contributed by atoms with Crippen LogP contribution in [0.25, 0.3) is 0 Å². The Bertz CT molecular complexity index is 710. The molecule has 2 aromatic carbocycles. The number of benzene rings is 2. The van der Waals surface area contributed by atoms with Gasteiger partial charge in [0, 0.05) is 5.69 Å². The lowest BCUT2D eigenvalue weighted by atomic mass is 10.2. The van der Waals surface area contributed by atoms with Crippen molar-refractivity contribution in [2.24, 2.45) is 0 Å². The van der Waals surface area contributed by atoms with Crippen molar-refractivity contribution < 1.29 is 14.3 Å². The molecule has 0 saturated heterocycles. The Morgan fingerprint density at radius 3 is 2.70 bits per heavy atom. The number of methoxy groups -OCH3 is 1. The normalized spacial score (nSPS) is 9.57. The number of anilines is 1. The van der Waals surface area contributed by atoms with Crippen molar-refractivity contribution in [2.45, 2.75) is 0 Å². The largest absolute Gasteiger partial charge is 0.493 e. The second kappa shape index (κ2) is 8.29. The Balaban J connectivity index is 1.75. The molecule has 0 atom stereocenters. The fourth-order valence-electron chi connectivity index (χ4n) is 1.91. The molecule has 0 aliphatic heterocycles. The number of para-hydroxylation sites is 2. The second-order valence-electron chi connectivity index (χ2n) is 4.57. The quantitative estimate of drug-likeness (QED) is 0.804. The summed E-state index contributed by atoms with van der Waals surface area (Å²) >= 11 is 0. The number of hydrogen-bond donors (Lipinski definition) is 2. The molecule has 6 nitrogen and oxygen atoms in total. The van der Waals surface area contributed by atoms with Crippen molar-refractivity contribution in [3.8, 4) is 17.6 Å². The van der Waals surface area contributed by atoms with Gasteiger partial charge in [-0.25, -0.2) is 4.79 Å². The zero-order valence-corrected chi connectivity index (χ0v) is 12.7. The summed E-state index contributed by atoms with van der Waals surface area (Å²) in [5.74, 6) is 1.27. The lowest BCUT2D eigenvalue weighted by Crippen LogP contribution is -2.32. The van der Waals surface area contributed by atoms with Gasteiger partial charge in [0.05, 0.1) is 25.3 Å². The number of carbonyl (C=O) groups excluding carboxylic acids is 1. The first-order chi connectivity index (χ1) is 11.2. The van der Waals surface area contributed by atoms with Crippen molar-refractivity contribution in [2.75, 3.05) is 25.6 Å². The number of ether oxygens (including phenoxy) is 2. The maximum atomic E-state index is 11.8. The maximum absolute atomic E-state index is 11.8. The van der Waals surface area contributed by atoms with Gasteiger partial charge in [-0.15, -0.1) is 0 Å².